The Morgan fingerprint density at radius 3 is 2.30 bits per heavy atom. The summed E-state index contributed by atoms with van der Waals surface area (Å²) in [6.07, 6.45) is 2.49. The monoisotopic (exact) mass is 414 g/mol. The number of carbonyl (C=O) groups excluding carboxylic acids is 1. The van der Waals surface area contributed by atoms with E-state index < -0.39 is 0 Å². The highest BCUT2D eigenvalue weighted by Gasteiger charge is 2.27. The van der Waals surface area contributed by atoms with Crippen LogP contribution in [0, 0.1) is 11.7 Å². The fraction of sp³-hybridized carbons (Fsp3) is 0.458. The van der Waals surface area contributed by atoms with Gasteiger partial charge in [0.2, 0.25) is 5.91 Å². The Kier molecular flexibility index (Phi) is 7.69. The van der Waals surface area contributed by atoms with Gasteiger partial charge in [0.15, 0.2) is 11.5 Å². The fourth-order valence-electron chi connectivity index (χ4n) is 3.94. The van der Waals surface area contributed by atoms with Gasteiger partial charge in [-0.05, 0) is 67.7 Å². The number of methoxy groups -OCH3 is 2. The van der Waals surface area contributed by atoms with Crippen LogP contribution in [-0.2, 0) is 17.8 Å². The van der Waals surface area contributed by atoms with E-state index in [1.165, 1.54) is 12.1 Å². The van der Waals surface area contributed by atoms with Crippen molar-refractivity contribution >= 4 is 5.91 Å². The number of ether oxygens (including phenoxy) is 2. The van der Waals surface area contributed by atoms with Crippen LogP contribution in [0.3, 0.4) is 0 Å². The Bertz CT molecular complexity index is 833. The van der Waals surface area contributed by atoms with Gasteiger partial charge in [-0.15, -0.1) is 0 Å². The summed E-state index contributed by atoms with van der Waals surface area (Å²) in [7, 11) is 5.13. The number of hydrogen-bond acceptors (Lipinski definition) is 4. The third kappa shape index (κ3) is 5.72. The van der Waals surface area contributed by atoms with Crippen LogP contribution < -0.4 is 9.47 Å². The van der Waals surface area contributed by atoms with Crippen LogP contribution in [-0.4, -0.2) is 56.6 Å². The molecule has 1 aliphatic heterocycles. The predicted octanol–water partition coefficient (Wildman–Crippen LogP) is 3.76. The normalized spacial score (nSPS) is 15.1. The van der Waals surface area contributed by atoms with E-state index in [1.807, 2.05) is 42.3 Å². The average molecular weight is 415 g/mol. The average Bonchev–Trinajstić information content (AvgIpc) is 2.78. The zero-order valence-electron chi connectivity index (χ0n) is 18.1. The number of amides is 1. The SMILES string of the molecule is COc1ccc(CCN(C)C(=O)C2CCN(Cc3ccc(F)cc3)CC2)cc1OC. The topological polar surface area (TPSA) is 42.0 Å². The number of carbonyl (C=O) groups is 1. The van der Waals surface area contributed by atoms with Gasteiger partial charge in [0.25, 0.3) is 0 Å². The summed E-state index contributed by atoms with van der Waals surface area (Å²) in [6.45, 7) is 3.25. The van der Waals surface area contributed by atoms with Gasteiger partial charge in [-0.1, -0.05) is 18.2 Å². The van der Waals surface area contributed by atoms with Crippen molar-refractivity contribution in [2.75, 3.05) is 40.9 Å². The molecule has 3 rings (SSSR count). The molecular weight excluding hydrogens is 383 g/mol. The molecule has 30 heavy (non-hydrogen) atoms. The molecule has 5 nitrogen and oxygen atoms in total. The summed E-state index contributed by atoms with van der Waals surface area (Å²) in [5.74, 6) is 1.50. The second kappa shape index (κ2) is 10.4. The Morgan fingerprint density at radius 2 is 1.67 bits per heavy atom. The van der Waals surface area contributed by atoms with E-state index in [2.05, 4.69) is 4.90 Å². The molecule has 0 unspecified atom stereocenters. The van der Waals surface area contributed by atoms with E-state index in [1.54, 1.807) is 14.2 Å². The number of hydrogen-bond donors (Lipinski definition) is 0. The first kappa shape index (κ1) is 22.1. The molecule has 0 N–H and O–H groups in total. The molecule has 1 aliphatic rings. The first-order valence-electron chi connectivity index (χ1n) is 10.4. The van der Waals surface area contributed by atoms with Gasteiger partial charge in [0, 0.05) is 26.1 Å². The lowest BCUT2D eigenvalue weighted by Crippen LogP contribution is -2.41. The molecule has 0 aliphatic carbocycles. The molecule has 1 fully saturated rings. The standard InChI is InChI=1S/C24H31FN2O3/c1-26(13-10-18-6-9-22(29-2)23(16-18)30-3)24(28)20-11-14-27(15-12-20)17-19-4-7-21(25)8-5-19/h4-9,16,20H,10-15,17H2,1-3H3. The van der Waals surface area contributed by atoms with Crippen molar-refractivity contribution in [2.24, 2.45) is 5.92 Å². The van der Waals surface area contributed by atoms with Crippen molar-refractivity contribution < 1.29 is 18.7 Å². The van der Waals surface area contributed by atoms with E-state index in [-0.39, 0.29) is 17.6 Å². The van der Waals surface area contributed by atoms with E-state index in [4.69, 9.17) is 9.47 Å². The van der Waals surface area contributed by atoms with Crippen LogP contribution >= 0.6 is 0 Å². The van der Waals surface area contributed by atoms with Crippen LogP contribution in [0.1, 0.15) is 24.0 Å². The Balaban J connectivity index is 1.45. The molecule has 0 atom stereocenters. The molecule has 6 heteroatoms. The summed E-state index contributed by atoms with van der Waals surface area (Å²) in [5, 5.41) is 0. The maximum absolute atomic E-state index is 13.1. The Hall–Kier alpha value is -2.60. The highest BCUT2D eigenvalue weighted by molar-refractivity contribution is 5.78. The number of halogens is 1. The molecule has 0 radical (unpaired) electrons. The molecule has 162 valence electrons. The molecule has 0 bridgehead atoms. The summed E-state index contributed by atoms with van der Waals surface area (Å²) in [6, 6.07) is 12.5. The van der Waals surface area contributed by atoms with E-state index in [9.17, 15) is 9.18 Å². The minimum absolute atomic E-state index is 0.0740. The fourth-order valence-corrected chi connectivity index (χ4v) is 3.94. The number of likely N-dealkylation sites (N-methyl/N-ethyl adjacent to an activating group) is 1. The van der Waals surface area contributed by atoms with Gasteiger partial charge in [0.1, 0.15) is 5.82 Å². The lowest BCUT2D eigenvalue weighted by molar-refractivity contribution is -0.135. The molecular formula is C24H31FN2O3. The van der Waals surface area contributed by atoms with Gasteiger partial charge >= 0.3 is 0 Å². The van der Waals surface area contributed by atoms with Crippen LogP contribution in [0.15, 0.2) is 42.5 Å². The minimum atomic E-state index is -0.209. The van der Waals surface area contributed by atoms with Crippen LogP contribution in [0.5, 0.6) is 11.5 Å². The Labute approximate surface area is 178 Å². The highest BCUT2D eigenvalue weighted by atomic mass is 19.1. The van der Waals surface area contributed by atoms with E-state index in [0.29, 0.717) is 18.0 Å². The molecule has 0 spiro atoms. The lowest BCUT2D eigenvalue weighted by atomic mass is 9.95. The third-order valence-corrected chi connectivity index (χ3v) is 5.82. The summed E-state index contributed by atoms with van der Waals surface area (Å²) in [5.41, 5.74) is 2.22. The van der Waals surface area contributed by atoms with Gasteiger partial charge in [0.05, 0.1) is 14.2 Å². The molecule has 0 saturated carbocycles. The second-order valence-electron chi connectivity index (χ2n) is 7.88. The van der Waals surface area contributed by atoms with Gasteiger partial charge < -0.3 is 14.4 Å². The quantitative estimate of drug-likeness (QED) is 0.660. The van der Waals surface area contributed by atoms with Crippen molar-refractivity contribution in [3.8, 4) is 11.5 Å². The first-order valence-corrected chi connectivity index (χ1v) is 10.4. The van der Waals surface area contributed by atoms with E-state index >= 15 is 0 Å². The van der Waals surface area contributed by atoms with Gasteiger partial charge in [-0.3, -0.25) is 9.69 Å². The molecule has 2 aromatic carbocycles. The van der Waals surface area contributed by atoms with Crippen molar-refractivity contribution in [3.63, 3.8) is 0 Å². The molecule has 1 saturated heterocycles. The number of nitrogens with zero attached hydrogens (tertiary/aromatic N) is 2. The van der Waals surface area contributed by atoms with E-state index in [0.717, 1.165) is 50.0 Å². The van der Waals surface area contributed by atoms with Crippen molar-refractivity contribution in [1.82, 2.24) is 9.80 Å². The van der Waals surface area contributed by atoms with Crippen molar-refractivity contribution in [1.29, 1.82) is 0 Å². The summed E-state index contributed by atoms with van der Waals surface area (Å²) in [4.78, 5) is 17.0. The number of rotatable bonds is 8. The van der Waals surface area contributed by atoms with Gasteiger partial charge in [-0.25, -0.2) is 4.39 Å². The molecule has 1 amide bonds. The molecule has 1 heterocycles. The largest absolute Gasteiger partial charge is 0.493 e. The van der Waals surface area contributed by atoms with Crippen LogP contribution in [0.4, 0.5) is 4.39 Å². The zero-order valence-corrected chi connectivity index (χ0v) is 18.1. The van der Waals surface area contributed by atoms with Crippen LogP contribution in [0.25, 0.3) is 0 Å². The number of piperidine rings is 1. The smallest absolute Gasteiger partial charge is 0.225 e. The number of benzene rings is 2. The van der Waals surface area contributed by atoms with Gasteiger partial charge in [-0.2, -0.15) is 0 Å². The number of likely N-dealkylation sites (tertiary alicyclic amines) is 1. The van der Waals surface area contributed by atoms with Crippen molar-refractivity contribution in [3.05, 3.63) is 59.4 Å². The third-order valence-electron chi connectivity index (χ3n) is 5.82. The first-order chi connectivity index (χ1) is 14.5. The maximum Gasteiger partial charge on any atom is 0.225 e. The highest BCUT2D eigenvalue weighted by Crippen LogP contribution is 2.28. The second-order valence-corrected chi connectivity index (χ2v) is 7.88. The predicted molar refractivity (Wildman–Crippen MR) is 115 cm³/mol. The summed E-state index contributed by atoms with van der Waals surface area (Å²) < 4.78 is 23.7. The Morgan fingerprint density at radius 1 is 1.03 bits per heavy atom. The van der Waals surface area contributed by atoms with Crippen LogP contribution in [0.2, 0.25) is 0 Å². The summed E-state index contributed by atoms with van der Waals surface area (Å²) >= 11 is 0. The van der Waals surface area contributed by atoms with Crippen molar-refractivity contribution in [2.45, 2.75) is 25.8 Å². The lowest BCUT2D eigenvalue weighted by Gasteiger charge is -2.33. The zero-order chi connectivity index (χ0) is 21.5. The minimum Gasteiger partial charge on any atom is -0.493 e. The molecule has 0 aromatic heterocycles. The molecule has 2 aromatic rings. The maximum atomic E-state index is 13.1.